The first-order chi connectivity index (χ1) is 17.9. The van der Waals surface area contributed by atoms with Crippen LogP contribution in [0, 0.1) is 5.82 Å². The summed E-state index contributed by atoms with van der Waals surface area (Å²) in [7, 11) is 1.46. The highest BCUT2D eigenvalue weighted by molar-refractivity contribution is 6.31. The molecule has 0 radical (unpaired) electrons. The lowest BCUT2D eigenvalue weighted by molar-refractivity contribution is 0.00782. The molecule has 1 aliphatic heterocycles. The van der Waals surface area contributed by atoms with Crippen LogP contribution in [0.1, 0.15) is 27.7 Å². The van der Waals surface area contributed by atoms with E-state index in [1.54, 1.807) is 42.7 Å². The molecule has 1 atom stereocenters. The van der Waals surface area contributed by atoms with Crippen LogP contribution in [-0.4, -0.2) is 70.3 Å². The van der Waals surface area contributed by atoms with E-state index in [1.165, 1.54) is 31.6 Å². The average Bonchev–Trinajstić information content (AvgIpc) is 2.85. The summed E-state index contributed by atoms with van der Waals surface area (Å²) >= 11 is 5.91. The molecule has 0 spiro atoms. The Hall–Kier alpha value is -3.86. The van der Waals surface area contributed by atoms with Crippen LogP contribution in [0.5, 0.6) is 11.5 Å². The standard InChI is InChI=1S/C26H29ClFN5O5/c1-15-13-32(24(34)38-26(2,3)4)8-9-33(15)25(35)37-22-11-17-20(12-21(22)36-5)29-14-30-23(17)31-16-6-7-19(28)18(27)10-16/h6-7,10-12,14-15H,8-9,13H2,1-5H3,(H,29,30,31)/t15-/m1/s1. The van der Waals surface area contributed by atoms with Crippen LogP contribution in [-0.2, 0) is 4.74 Å². The van der Waals surface area contributed by atoms with E-state index in [0.29, 0.717) is 41.2 Å². The smallest absolute Gasteiger partial charge is 0.415 e. The Balaban J connectivity index is 1.54. The summed E-state index contributed by atoms with van der Waals surface area (Å²) in [6.07, 6.45) is 0.360. The number of anilines is 2. The molecule has 2 aromatic carbocycles. The summed E-state index contributed by atoms with van der Waals surface area (Å²) in [5, 5.41) is 3.60. The molecule has 202 valence electrons. The van der Waals surface area contributed by atoms with E-state index in [2.05, 4.69) is 15.3 Å². The van der Waals surface area contributed by atoms with E-state index in [1.807, 2.05) is 6.92 Å². The van der Waals surface area contributed by atoms with E-state index in [4.69, 9.17) is 25.8 Å². The van der Waals surface area contributed by atoms with E-state index < -0.39 is 23.6 Å². The number of piperazine rings is 1. The van der Waals surface area contributed by atoms with Gasteiger partial charge in [0, 0.05) is 36.8 Å². The molecule has 1 fully saturated rings. The van der Waals surface area contributed by atoms with Crippen molar-refractivity contribution in [2.24, 2.45) is 0 Å². The molecular weight excluding hydrogens is 517 g/mol. The highest BCUT2D eigenvalue weighted by Gasteiger charge is 2.33. The van der Waals surface area contributed by atoms with Crippen molar-refractivity contribution in [3.05, 3.63) is 47.5 Å². The number of hydrogen-bond donors (Lipinski definition) is 1. The van der Waals surface area contributed by atoms with Crippen LogP contribution in [0.2, 0.25) is 5.02 Å². The zero-order chi connectivity index (χ0) is 27.6. The highest BCUT2D eigenvalue weighted by atomic mass is 35.5. The quantitative estimate of drug-likeness (QED) is 0.450. The Morgan fingerprint density at radius 1 is 1.11 bits per heavy atom. The molecule has 0 unspecified atom stereocenters. The Morgan fingerprint density at radius 2 is 1.87 bits per heavy atom. The van der Waals surface area contributed by atoms with Crippen LogP contribution in [0.3, 0.4) is 0 Å². The fraction of sp³-hybridized carbons (Fsp3) is 0.385. The topological polar surface area (TPSA) is 106 Å². The van der Waals surface area contributed by atoms with Gasteiger partial charge in [-0.25, -0.2) is 23.9 Å². The predicted octanol–water partition coefficient (Wildman–Crippen LogP) is 5.61. The third kappa shape index (κ3) is 6.16. The fourth-order valence-corrected chi connectivity index (χ4v) is 4.17. The normalized spacial score (nSPS) is 15.8. The zero-order valence-corrected chi connectivity index (χ0v) is 22.5. The predicted molar refractivity (Wildman–Crippen MR) is 141 cm³/mol. The minimum atomic E-state index is -0.608. The molecule has 0 bridgehead atoms. The maximum atomic E-state index is 13.6. The number of nitrogens with zero attached hydrogens (tertiary/aromatic N) is 4. The summed E-state index contributed by atoms with van der Waals surface area (Å²) in [6.45, 7) is 8.14. The molecule has 10 nitrogen and oxygen atoms in total. The number of rotatable bonds is 4. The second-order valence-corrected chi connectivity index (χ2v) is 10.2. The van der Waals surface area contributed by atoms with Crippen LogP contribution in [0.15, 0.2) is 36.7 Å². The summed E-state index contributed by atoms with van der Waals surface area (Å²) in [4.78, 5) is 37.3. The van der Waals surface area contributed by atoms with Crippen molar-refractivity contribution in [1.29, 1.82) is 0 Å². The van der Waals surface area contributed by atoms with Crippen LogP contribution < -0.4 is 14.8 Å². The molecule has 12 heteroatoms. The summed E-state index contributed by atoms with van der Waals surface area (Å²) in [6, 6.07) is 7.13. The molecule has 1 aromatic heterocycles. The third-order valence-corrected chi connectivity index (χ3v) is 6.10. The molecule has 2 amide bonds. The lowest BCUT2D eigenvalue weighted by Gasteiger charge is -2.39. The lowest BCUT2D eigenvalue weighted by Crippen LogP contribution is -2.56. The first kappa shape index (κ1) is 27.2. The van der Waals surface area contributed by atoms with Crippen LogP contribution >= 0.6 is 11.6 Å². The largest absolute Gasteiger partial charge is 0.493 e. The third-order valence-electron chi connectivity index (χ3n) is 5.81. The molecule has 2 heterocycles. The molecule has 4 rings (SSSR count). The molecular formula is C26H29ClFN5O5. The van der Waals surface area contributed by atoms with Gasteiger partial charge in [0.15, 0.2) is 11.5 Å². The van der Waals surface area contributed by atoms with Gasteiger partial charge in [-0.2, -0.15) is 0 Å². The number of methoxy groups -OCH3 is 1. The highest BCUT2D eigenvalue weighted by Crippen LogP contribution is 2.35. The Kier molecular flexibility index (Phi) is 7.77. The molecule has 38 heavy (non-hydrogen) atoms. The number of nitrogens with one attached hydrogen (secondary N) is 1. The number of carbonyl (C=O) groups excluding carboxylic acids is 2. The minimum absolute atomic E-state index is 0.0365. The molecule has 3 aromatic rings. The second-order valence-electron chi connectivity index (χ2n) is 9.83. The van der Waals surface area contributed by atoms with Gasteiger partial charge in [0.05, 0.1) is 23.7 Å². The van der Waals surface area contributed by atoms with Gasteiger partial charge in [-0.3, -0.25) is 0 Å². The van der Waals surface area contributed by atoms with Crippen molar-refractivity contribution in [3.8, 4) is 11.5 Å². The number of aromatic nitrogens is 2. The van der Waals surface area contributed by atoms with Crippen molar-refractivity contribution in [2.45, 2.75) is 39.3 Å². The minimum Gasteiger partial charge on any atom is -0.493 e. The summed E-state index contributed by atoms with van der Waals surface area (Å²) in [5.74, 6) is 0.337. The first-order valence-electron chi connectivity index (χ1n) is 12.0. The van der Waals surface area contributed by atoms with Gasteiger partial charge in [-0.05, 0) is 52.0 Å². The Morgan fingerprint density at radius 3 is 2.53 bits per heavy atom. The molecule has 1 saturated heterocycles. The van der Waals surface area contributed by atoms with Gasteiger partial charge in [0.2, 0.25) is 0 Å². The SMILES string of the molecule is COc1cc2ncnc(Nc3ccc(F)c(Cl)c3)c2cc1OC(=O)N1CCN(C(=O)OC(C)(C)C)C[C@H]1C. The Bertz CT molecular complexity index is 1370. The molecule has 0 aliphatic carbocycles. The fourth-order valence-electron chi connectivity index (χ4n) is 3.99. The van der Waals surface area contributed by atoms with Crippen molar-refractivity contribution in [3.63, 3.8) is 0 Å². The van der Waals surface area contributed by atoms with Gasteiger partial charge in [0.1, 0.15) is 23.6 Å². The molecule has 0 saturated carbocycles. The van der Waals surface area contributed by atoms with Gasteiger partial charge >= 0.3 is 12.2 Å². The number of amides is 2. The number of benzene rings is 2. The van der Waals surface area contributed by atoms with Gasteiger partial charge in [-0.15, -0.1) is 0 Å². The molecule has 1 N–H and O–H groups in total. The van der Waals surface area contributed by atoms with Crippen LogP contribution in [0.25, 0.3) is 10.9 Å². The Labute approximate surface area is 224 Å². The van der Waals surface area contributed by atoms with Crippen molar-refractivity contribution >= 4 is 46.2 Å². The average molecular weight is 546 g/mol. The van der Waals surface area contributed by atoms with E-state index in [-0.39, 0.29) is 23.4 Å². The second kappa shape index (κ2) is 10.9. The summed E-state index contributed by atoms with van der Waals surface area (Å²) in [5.41, 5.74) is 0.442. The maximum absolute atomic E-state index is 13.6. The van der Waals surface area contributed by atoms with Gasteiger partial charge in [0.25, 0.3) is 0 Å². The number of hydrogen-bond acceptors (Lipinski definition) is 8. The molecule has 1 aliphatic rings. The van der Waals surface area contributed by atoms with E-state index in [0.717, 1.165) is 0 Å². The van der Waals surface area contributed by atoms with Crippen LogP contribution in [0.4, 0.5) is 25.5 Å². The van der Waals surface area contributed by atoms with Crippen molar-refractivity contribution in [1.82, 2.24) is 19.8 Å². The van der Waals surface area contributed by atoms with Gasteiger partial charge < -0.3 is 29.3 Å². The monoisotopic (exact) mass is 545 g/mol. The van der Waals surface area contributed by atoms with E-state index in [9.17, 15) is 14.0 Å². The number of halogens is 2. The first-order valence-corrected chi connectivity index (χ1v) is 12.3. The van der Waals surface area contributed by atoms with E-state index >= 15 is 0 Å². The summed E-state index contributed by atoms with van der Waals surface area (Å²) < 4.78 is 30.2. The van der Waals surface area contributed by atoms with Gasteiger partial charge in [-0.1, -0.05) is 11.6 Å². The number of carbonyl (C=O) groups is 2. The lowest BCUT2D eigenvalue weighted by atomic mass is 10.2. The van der Waals surface area contributed by atoms with Crippen molar-refractivity contribution < 1.29 is 28.2 Å². The zero-order valence-electron chi connectivity index (χ0n) is 21.7. The number of ether oxygens (including phenoxy) is 3. The maximum Gasteiger partial charge on any atom is 0.415 e. The van der Waals surface area contributed by atoms with Crippen molar-refractivity contribution in [2.75, 3.05) is 32.1 Å². The number of fused-ring (bicyclic) bond motifs is 1.